The van der Waals surface area contributed by atoms with Crippen LogP contribution in [0.2, 0.25) is 0 Å². The van der Waals surface area contributed by atoms with Gasteiger partial charge in [0.15, 0.2) is 6.17 Å². The Morgan fingerprint density at radius 2 is 1.56 bits per heavy atom. The van der Waals surface area contributed by atoms with Crippen LogP contribution in [0.5, 0.6) is 0 Å². The lowest BCUT2D eigenvalue weighted by molar-refractivity contribution is 0.0260. The van der Waals surface area contributed by atoms with Gasteiger partial charge in [0, 0.05) is 0 Å². The average Bonchev–Trinajstić information content (AvgIpc) is 2.70. The molecule has 2 heterocycles. The molecule has 90 valence electrons. The Kier molecular flexibility index (Phi) is 2.58. The summed E-state index contributed by atoms with van der Waals surface area (Å²) in [6, 6.07) is -1.15. The molecule has 9 nitrogen and oxygen atoms in total. The Morgan fingerprint density at radius 3 is 2.06 bits per heavy atom. The maximum atomic E-state index is 11.6. The Labute approximate surface area is 90.5 Å². The summed E-state index contributed by atoms with van der Waals surface area (Å²) in [6.45, 7) is -1.74. The summed E-state index contributed by atoms with van der Waals surface area (Å²) in [5.74, 6) is 0. The van der Waals surface area contributed by atoms with Crippen LogP contribution in [0.15, 0.2) is 0 Å². The molecule has 2 fully saturated rings. The number of fused-ring (bicyclic) bond motifs is 1. The first-order chi connectivity index (χ1) is 7.65. The third-order valence-corrected chi connectivity index (χ3v) is 2.74. The summed E-state index contributed by atoms with van der Waals surface area (Å²) >= 11 is 0. The van der Waals surface area contributed by atoms with Crippen molar-refractivity contribution in [2.24, 2.45) is 0 Å². The fraction of sp³-hybridized carbons (Fsp3) is 0.714. The number of carbonyl (C=O) groups is 2. The number of nitrogens with zero attached hydrogens (tertiary/aromatic N) is 3. The second kappa shape index (κ2) is 3.77. The van der Waals surface area contributed by atoms with Gasteiger partial charge in [-0.2, -0.15) is 0 Å². The van der Waals surface area contributed by atoms with Gasteiger partial charge in [-0.25, -0.2) is 9.59 Å². The van der Waals surface area contributed by atoms with Crippen LogP contribution in [-0.2, 0) is 0 Å². The van der Waals surface area contributed by atoms with Gasteiger partial charge in [0.05, 0.1) is 0 Å². The van der Waals surface area contributed by atoms with Gasteiger partial charge in [0.25, 0.3) is 0 Å². The van der Waals surface area contributed by atoms with Crippen molar-refractivity contribution in [1.29, 1.82) is 0 Å². The maximum Gasteiger partial charge on any atom is 0.327 e. The van der Waals surface area contributed by atoms with E-state index in [0.29, 0.717) is 0 Å². The van der Waals surface area contributed by atoms with Gasteiger partial charge in [0.2, 0.25) is 0 Å². The Morgan fingerprint density at radius 1 is 1.00 bits per heavy atom. The van der Waals surface area contributed by atoms with Crippen LogP contribution < -0.4 is 5.32 Å². The molecule has 2 atom stereocenters. The summed E-state index contributed by atoms with van der Waals surface area (Å²) in [5, 5.41) is 29.5. The van der Waals surface area contributed by atoms with Crippen molar-refractivity contribution in [2.45, 2.75) is 12.3 Å². The minimum atomic E-state index is -0.804. The van der Waals surface area contributed by atoms with Gasteiger partial charge < -0.3 is 20.6 Å². The Hall–Kier alpha value is -1.58. The van der Waals surface area contributed by atoms with E-state index in [1.807, 2.05) is 0 Å². The van der Waals surface area contributed by atoms with E-state index in [1.54, 1.807) is 0 Å². The standard InChI is InChI=1S/C7H12N4O5/c12-1-9-4-5(11(3-14)7(9)16)10(2-13)6(15)8-4/h4-5,12-14H,1-3H2,(H,8,15)/t4-,5+/m1/s1. The summed E-state index contributed by atoms with van der Waals surface area (Å²) < 4.78 is 0. The second-order valence-corrected chi connectivity index (χ2v) is 3.42. The number of hydrogen-bond donors (Lipinski definition) is 4. The van der Waals surface area contributed by atoms with E-state index in [2.05, 4.69) is 5.32 Å². The summed E-state index contributed by atoms with van der Waals surface area (Å²) in [7, 11) is 0. The smallest absolute Gasteiger partial charge is 0.327 e. The molecule has 0 saturated carbocycles. The first kappa shape index (κ1) is 10.9. The van der Waals surface area contributed by atoms with Crippen molar-refractivity contribution in [1.82, 2.24) is 20.0 Å². The number of aliphatic hydroxyl groups is 3. The van der Waals surface area contributed by atoms with Gasteiger partial charge in [-0.15, -0.1) is 0 Å². The SMILES string of the molecule is O=C1N[C@H]2[C@@H](N1CO)N(CO)C(=O)N2CO. The fourth-order valence-corrected chi connectivity index (χ4v) is 1.99. The number of amides is 4. The largest absolute Gasteiger partial charge is 0.376 e. The molecule has 16 heavy (non-hydrogen) atoms. The number of carbonyl (C=O) groups excluding carboxylic acids is 2. The molecule has 0 radical (unpaired) electrons. The quantitative estimate of drug-likeness (QED) is 0.421. The molecule has 4 N–H and O–H groups in total. The minimum Gasteiger partial charge on any atom is -0.376 e. The zero-order valence-corrected chi connectivity index (χ0v) is 8.28. The molecule has 0 unspecified atom stereocenters. The molecule has 4 amide bonds. The van der Waals surface area contributed by atoms with Gasteiger partial charge in [0.1, 0.15) is 26.4 Å². The molecule has 0 aromatic rings. The lowest BCUT2D eigenvalue weighted by atomic mass is 10.4. The van der Waals surface area contributed by atoms with Crippen molar-refractivity contribution < 1.29 is 24.9 Å². The monoisotopic (exact) mass is 232 g/mol. The molecule has 2 aliphatic heterocycles. The predicted octanol–water partition coefficient (Wildman–Crippen LogP) is -2.75. The Balaban J connectivity index is 2.31. The van der Waals surface area contributed by atoms with Crippen LogP contribution in [0.1, 0.15) is 0 Å². The van der Waals surface area contributed by atoms with Crippen molar-refractivity contribution in [3.8, 4) is 0 Å². The topological polar surface area (TPSA) is 117 Å². The summed E-state index contributed by atoms with van der Waals surface area (Å²) in [4.78, 5) is 26.0. The first-order valence-electron chi connectivity index (χ1n) is 4.62. The molecule has 2 aliphatic rings. The van der Waals surface area contributed by atoms with Crippen LogP contribution in [-0.4, -0.2) is 74.6 Å². The van der Waals surface area contributed by atoms with Crippen LogP contribution in [0.25, 0.3) is 0 Å². The fourth-order valence-electron chi connectivity index (χ4n) is 1.99. The van der Waals surface area contributed by atoms with Crippen molar-refractivity contribution in [3.05, 3.63) is 0 Å². The zero-order chi connectivity index (χ0) is 11.9. The van der Waals surface area contributed by atoms with Gasteiger partial charge >= 0.3 is 12.1 Å². The van der Waals surface area contributed by atoms with E-state index in [0.717, 1.165) is 14.7 Å². The number of rotatable bonds is 3. The first-order valence-corrected chi connectivity index (χ1v) is 4.62. The number of nitrogens with one attached hydrogen (secondary N) is 1. The molecule has 0 bridgehead atoms. The number of aliphatic hydroxyl groups excluding tert-OH is 3. The molecule has 0 aromatic heterocycles. The molecule has 9 heteroatoms. The number of hydrogen-bond acceptors (Lipinski definition) is 5. The molecular weight excluding hydrogens is 220 g/mol. The van der Waals surface area contributed by atoms with E-state index < -0.39 is 44.6 Å². The third-order valence-electron chi connectivity index (χ3n) is 2.74. The van der Waals surface area contributed by atoms with Crippen molar-refractivity contribution in [3.63, 3.8) is 0 Å². The number of urea groups is 2. The van der Waals surface area contributed by atoms with Crippen LogP contribution in [0, 0.1) is 0 Å². The molecule has 0 aliphatic carbocycles. The summed E-state index contributed by atoms with van der Waals surface area (Å²) in [5.41, 5.74) is 0. The van der Waals surface area contributed by atoms with Crippen LogP contribution in [0.3, 0.4) is 0 Å². The van der Waals surface area contributed by atoms with Gasteiger partial charge in [-0.3, -0.25) is 14.7 Å². The van der Waals surface area contributed by atoms with Crippen LogP contribution in [0.4, 0.5) is 9.59 Å². The molecule has 2 rings (SSSR count). The highest BCUT2D eigenvalue weighted by Crippen LogP contribution is 2.27. The molecule has 0 aromatic carbocycles. The normalized spacial score (nSPS) is 28.8. The minimum absolute atomic E-state index is 0.554. The van der Waals surface area contributed by atoms with Crippen molar-refractivity contribution >= 4 is 12.1 Å². The second-order valence-electron chi connectivity index (χ2n) is 3.42. The van der Waals surface area contributed by atoms with Gasteiger partial charge in [-0.05, 0) is 0 Å². The van der Waals surface area contributed by atoms with E-state index in [4.69, 9.17) is 15.3 Å². The highest BCUT2D eigenvalue weighted by atomic mass is 16.3. The van der Waals surface area contributed by atoms with Gasteiger partial charge in [-0.1, -0.05) is 0 Å². The highest BCUT2D eigenvalue weighted by Gasteiger charge is 2.54. The molecule has 0 spiro atoms. The van der Waals surface area contributed by atoms with Crippen molar-refractivity contribution in [2.75, 3.05) is 20.2 Å². The van der Waals surface area contributed by atoms with E-state index >= 15 is 0 Å². The highest BCUT2D eigenvalue weighted by molar-refractivity contribution is 5.84. The average molecular weight is 232 g/mol. The maximum absolute atomic E-state index is 11.6. The summed E-state index contributed by atoms with van der Waals surface area (Å²) in [6.07, 6.45) is -1.56. The van der Waals surface area contributed by atoms with E-state index in [1.165, 1.54) is 0 Å². The Bertz CT molecular complexity index is 322. The van der Waals surface area contributed by atoms with E-state index in [-0.39, 0.29) is 0 Å². The molecular formula is C7H12N4O5. The van der Waals surface area contributed by atoms with E-state index in [9.17, 15) is 9.59 Å². The third kappa shape index (κ3) is 1.22. The lowest BCUT2D eigenvalue weighted by Crippen LogP contribution is -2.47. The lowest BCUT2D eigenvalue weighted by Gasteiger charge is -2.25. The van der Waals surface area contributed by atoms with Crippen LogP contribution >= 0.6 is 0 Å². The zero-order valence-electron chi connectivity index (χ0n) is 8.28. The molecule has 2 saturated heterocycles. The predicted molar refractivity (Wildman–Crippen MR) is 48.3 cm³/mol.